The summed E-state index contributed by atoms with van der Waals surface area (Å²) < 4.78 is 0. The number of non-ortho nitro benzene ring substituents is 1. The van der Waals surface area contributed by atoms with E-state index in [1.807, 2.05) is 6.92 Å². The molecule has 0 fully saturated rings. The number of carbonyl (C=O) groups excluding carboxylic acids is 2. The average Bonchev–Trinajstić information content (AvgIpc) is 2.46. The van der Waals surface area contributed by atoms with Crippen LogP contribution in [0.2, 0.25) is 0 Å². The Labute approximate surface area is 128 Å². The fourth-order valence-electron chi connectivity index (χ4n) is 1.68. The Morgan fingerprint density at radius 2 is 2.05 bits per heavy atom. The van der Waals surface area contributed by atoms with E-state index in [4.69, 9.17) is 0 Å². The van der Waals surface area contributed by atoms with Gasteiger partial charge in [0.15, 0.2) is 0 Å². The number of nitrogens with one attached hydrogen (secondary N) is 3. The Morgan fingerprint density at radius 3 is 2.64 bits per heavy atom. The van der Waals surface area contributed by atoms with Gasteiger partial charge < -0.3 is 16.0 Å². The number of nitro groups is 1. The predicted octanol–water partition coefficient (Wildman–Crippen LogP) is 1.94. The van der Waals surface area contributed by atoms with Gasteiger partial charge in [0.1, 0.15) is 6.04 Å². The van der Waals surface area contributed by atoms with E-state index in [9.17, 15) is 19.7 Å². The van der Waals surface area contributed by atoms with Gasteiger partial charge in [-0.15, -0.1) is 0 Å². The van der Waals surface area contributed by atoms with Crippen molar-refractivity contribution in [1.82, 2.24) is 10.6 Å². The predicted molar refractivity (Wildman–Crippen MR) is 82.8 cm³/mol. The number of anilines is 1. The van der Waals surface area contributed by atoms with Crippen molar-refractivity contribution in [1.29, 1.82) is 0 Å². The summed E-state index contributed by atoms with van der Waals surface area (Å²) in [4.78, 5) is 33.7. The van der Waals surface area contributed by atoms with Gasteiger partial charge >= 0.3 is 6.03 Å². The lowest BCUT2D eigenvalue weighted by molar-refractivity contribution is -0.384. The van der Waals surface area contributed by atoms with Gasteiger partial charge in [-0.3, -0.25) is 14.9 Å². The molecule has 0 radical (unpaired) electrons. The van der Waals surface area contributed by atoms with Crippen LogP contribution in [0.15, 0.2) is 18.2 Å². The van der Waals surface area contributed by atoms with Gasteiger partial charge in [-0.05, 0) is 25.8 Å². The Balaban J connectivity index is 2.67. The van der Waals surface area contributed by atoms with Crippen LogP contribution in [0.4, 0.5) is 16.2 Å². The van der Waals surface area contributed by atoms with E-state index >= 15 is 0 Å². The van der Waals surface area contributed by atoms with Gasteiger partial charge in [0.05, 0.1) is 10.6 Å². The molecule has 1 aromatic carbocycles. The smallest absolute Gasteiger partial charge is 0.319 e. The maximum Gasteiger partial charge on any atom is 0.319 e. The first-order valence-corrected chi connectivity index (χ1v) is 6.95. The fraction of sp³-hybridized carbons (Fsp3) is 0.429. The van der Waals surface area contributed by atoms with E-state index in [0.29, 0.717) is 17.8 Å². The molecule has 8 nitrogen and oxygen atoms in total. The number of hydrogen-bond acceptors (Lipinski definition) is 4. The highest BCUT2D eigenvalue weighted by Gasteiger charge is 2.16. The minimum atomic E-state index is -0.703. The molecule has 0 aliphatic carbocycles. The molecule has 22 heavy (non-hydrogen) atoms. The summed E-state index contributed by atoms with van der Waals surface area (Å²) in [5.74, 6) is -0.284. The third-order valence-corrected chi connectivity index (χ3v) is 2.97. The third kappa shape index (κ3) is 5.04. The van der Waals surface area contributed by atoms with Crippen molar-refractivity contribution in [3.63, 3.8) is 0 Å². The molecule has 0 saturated heterocycles. The molecule has 1 atom stereocenters. The van der Waals surface area contributed by atoms with Crippen LogP contribution in [-0.2, 0) is 4.79 Å². The lowest BCUT2D eigenvalue weighted by Gasteiger charge is -2.15. The van der Waals surface area contributed by atoms with Gasteiger partial charge in [-0.25, -0.2) is 4.79 Å². The number of nitrogens with zero attached hydrogens (tertiary/aromatic N) is 1. The number of amides is 3. The molecule has 0 aliphatic heterocycles. The van der Waals surface area contributed by atoms with Gasteiger partial charge in [0.2, 0.25) is 5.91 Å². The lowest BCUT2D eigenvalue weighted by atomic mass is 10.2. The highest BCUT2D eigenvalue weighted by atomic mass is 16.6. The van der Waals surface area contributed by atoms with E-state index in [1.165, 1.54) is 12.1 Å². The summed E-state index contributed by atoms with van der Waals surface area (Å²) in [5.41, 5.74) is 0.895. The molecule has 3 amide bonds. The summed E-state index contributed by atoms with van der Waals surface area (Å²) in [6.45, 7) is 5.74. The van der Waals surface area contributed by atoms with Crippen molar-refractivity contribution in [3.8, 4) is 0 Å². The Kier molecular flexibility index (Phi) is 6.30. The summed E-state index contributed by atoms with van der Waals surface area (Å²) in [6, 6.07) is 2.88. The highest BCUT2D eigenvalue weighted by Crippen LogP contribution is 2.21. The third-order valence-electron chi connectivity index (χ3n) is 2.97. The Bertz CT molecular complexity index is 574. The Hall–Kier alpha value is -2.64. The van der Waals surface area contributed by atoms with Crippen molar-refractivity contribution in [2.45, 2.75) is 33.2 Å². The van der Waals surface area contributed by atoms with Crippen LogP contribution in [0.3, 0.4) is 0 Å². The largest absolute Gasteiger partial charge is 0.354 e. The first-order valence-electron chi connectivity index (χ1n) is 6.95. The monoisotopic (exact) mass is 308 g/mol. The van der Waals surface area contributed by atoms with Gasteiger partial charge in [-0.1, -0.05) is 13.0 Å². The zero-order chi connectivity index (χ0) is 16.7. The normalized spacial score (nSPS) is 11.4. The van der Waals surface area contributed by atoms with Crippen LogP contribution in [0.25, 0.3) is 0 Å². The van der Waals surface area contributed by atoms with Crippen molar-refractivity contribution in [3.05, 3.63) is 33.9 Å². The quantitative estimate of drug-likeness (QED) is 0.550. The van der Waals surface area contributed by atoms with Crippen molar-refractivity contribution < 1.29 is 14.5 Å². The minimum Gasteiger partial charge on any atom is -0.354 e. The van der Waals surface area contributed by atoms with Crippen LogP contribution < -0.4 is 16.0 Å². The highest BCUT2D eigenvalue weighted by molar-refractivity contribution is 5.94. The van der Waals surface area contributed by atoms with E-state index < -0.39 is 17.0 Å². The number of nitro benzene ring substituents is 1. The SMILES string of the molecule is CCCNC(=O)[C@H](C)NC(=O)Nc1cc([N+](=O)[O-])ccc1C. The zero-order valence-electron chi connectivity index (χ0n) is 12.8. The maximum atomic E-state index is 11.9. The number of rotatable bonds is 6. The molecule has 1 aromatic rings. The Morgan fingerprint density at radius 1 is 1.36 bits per heavy atom. The molecule has 0 saturated carbocycles. The lowest BCUT2D eigenvalue weighted by Crippen LogP contribution is -2.46. The van der Waals surface area contributed by atoms with E-state index in [-0.39, 0.29) is 11.6 Å². The summed E-state index contributed by atoms with van der Waals surface area (Å²) in [6.07, 6.45) is 0.803. The molecule has 0 bridgehead atoms. The van der Waals surface area contributed by atoms with Crippen LogP contribution >= 0.6 is 0 Å². The van der Waals surface area contributed by atoms with E-state index in [1.54, 1.807) is 19.9 Å². The molecule has 0 heterocycles. The fourth-order valence-corrected chi connectivity index (χ4v) is 1.68. The summed E-state index contributed by atoms with van der Waals surface area (Å²) >= 11 is 0. The second-order valence-electron chi connectivity index (χ2n) is 4.87. The molecule has 120 valence electrons. The number of aryl methyl sites for hydroxylation is 1. The molecule has 0 unspecified atom stereocenters. The van der Waals surface area contributed by atoms with Gasteiger partial charge in [-0.2, -0.15) is 0 Å². The first kappa shape index (κ1) is 17.4. The van der Waals surface area contributed by atoms with Crippen LogP contribution in [-0.4, -0.2) is 29.4 Å². The molecule has 3 N–H and O–H groups in total. The summed E-state index contributed by atoms with van der Waals surface area (Å²) in [7, 11) is 0. The van der Waals surface area contributed by atoms with Crippen LogP contribution in [0.5, 0.6) is 0 Å². The van der Waals surface area contributed by atoms with E-state index in [2.05, 4.69) is 16.0 Å². The zero-order valence-corrected chi connectivity index (χ0v) is 12.8. The molecule has 0 aliphatic rings. The molecular formula is C14H20N4O4. The standard InChI is InChI=1S/C14H20N4O4/c1-4-7-15-13(19)10(3)16-14(20)17-12-8-11(18(21)22)6-5-9(12)2/h5-6,8,10H,4,7H2,1-3H3,(H,15,19)(H2,16,17,20)/t10-/m0/s1. The second-order valence-corrected chi connectivity index (χ2v) is 4.87. The number of urea groups is 1. The molecule has 0 aromatic heterocycles. The maximum absolute atomic E-state index is 11.9. The van der Waals surface area contributed by atoms with Gasteiger partial charge in [0, 0.05) is 18.7 Å². The van der Waals surface area contributed by atoms with E-state index in [0.717, 1.165) is 6.42 Å². The molecule has 8 heteroatoms. The number of benzene rings is 1. The van der Waals surface area contributed by atoms with Crippen molar-refractivity contribution in [2.75, 3.05) is 11.9 Å². The minimum absolute atomic E-state index is 0.116. The van der Waals surface area contributed by atoms with Crippen molar-refractivity contribution in [2.24, 2.45) is 0 Å². The second kappa shape index (κ2) is 7.96. The molecule has 1 rings (SSSR count). The molecule has 0 spiro atoms. The molecular weight excluding hydrogens is 288 g/mol. The van der Waals surface area contributed by atoms with Crippen molar-refractivity contribution >= 4 is 23.3 Å². The summed E-state index contributed by atoms with van der Waals surface area (Å²) in [5, 5.41) is 18.4. The van der Waals surface area contributed by atoms with Crippen LogP contribution in [0.1, 0.15) is 25.8 Å². The number of hydrogen-bond donors (Lipinski definition) is 3. The average molecular weight is 308 g/mol. The van der Waals surface area contributed by atoms with Crippen LogP contribution in [0, 0.1) is 17.0 Å². The topological polar surface area (TPSA) is 113 Å². The van der Waals surface area contributed by atoms with Gasteiger partial charge in [0.25, 0.3) is 5.69 Å². The number of carbonyl (C=O) groups is 2. The first-order chi connectivity index (χ1) is 10.3.